The lowest BCUT2D eigenvalue weighted by molar-refractivity contribution is 0.0685. The molecular weight excluding hydrogens is 639 g/mol. The van der Waals surface area contributed by atoms with Gasteiger partial charge < -0.3 is 19.7 Å². The largest absolute Gasteiger partial charge is 0.493 e. The standard InChI is InChI=1S/C35H32ClFN6O3S/c1-18-30-31-25(36)9-8-24-23(33(35(44)45)42(2)32(24)31)4-3-13-46-27-15-19(14-20-16-21(37)6-7-22(20)27)5-10-28-39-40-29(47-28)17-38-26-11-12-43(41-18)34(26)30/h6-9,14-16,26,38H,3-5,10-13,17H2,1-2H3,(H,44,45)/t26-/m1/s1. The lowest BCUT2D eigenvalue weighted by Crippen LogP contribution is -2.19. The molecule has 6 aromatic rings. The van der Waals surface area contributed by atoms with Crippen LogP contribution in [0.4, 0.5) is 4.39 Å². The van der Waals surface area contributed by atoms with Gasteiger partial charge in [-0.1, -0.05) is 23.7 Å². The Hall–Kier alpha value is -4.32. The van der Waals surface area contributed by atoms with Gasteiger partial charge in [0.2, 0.25) is 0 Å². The van der Waals surface area contributed by atoms with Gasteiger partial charge in [-0.05, 0) is 79.5 Å². The Labute approximate surface area is 278 Å². The molecule has 1 atom stereocenters. The van der Waals surface area contributed by atoms with Crippen molar-refractivity contribution in [2.45, 2.75) is 58.2 Å². The first-order valence-corrected chi connectivity index (χ1v) is 17.0. The number of nitrogens with zero attached hydrogens (tertiary/aromatic N) is 5. The Morgan fingerprint density at radius 1 is 1.09 bits per heavy atom. The highest BCUT2D eigenvalue weighted by Crippen LogP contribution is 2.45. The number of hydrogen-bond donors (Lipinski definition) is 2. The van der Waals surface area contributed by atoms with E-state index in [1.807, 2.05) is 35.9 Å². The molecule has 2 aliphatic rings. The van der Waals surface area contributed by atoms with Gasteiger partial charge in [0.05, 0.1) is 41.1 Å². The first kappa shape index (κ1) is 30.0. The summed E-state index contributed by atoms with van der Waals surface area (Å²) in [5, 5.41) is 32.8. The highest BCUT2D eigenvalue weighted by Gasteiger charge is 2.33. The van der Waals surface area contributed by atoms with Crippen molar-refractivity contribution < 1.29 is 19.0 Å². The molecule has 8 bridgehead atoms. The summed E-state index contributed by atoms with van der Waals surface area (Å²) in [5.41, 5.74) is 6.40. The van der Waals surface area contributed by atoms with Crippen LogP contribution in [0, 0.1) is 12.7 Å². The normalized spacial score (nSPS) is 16.7. The van der Waals surface area contributed by atoms with Crippen molar-refractivity contribution in [3.8, 4) is 16.9 Å². The number of fused-ring (bicyclic) bond motifs is 7. The molecule has 0 aliphatic carbocycles. The Morgan fingerprint density at radius 2 is 1.91 bits per heavy atom. The smallest absolute Gasteiger partial charge is 0.352 e. The van der Waals surface area contributed by atoms with Crippen molar-refractivity contribution >= 4 is 50.6 Å². The van der Waals surface area contributed by atoms with Crippen LogP contribution in [0.2, 0.25) is 5.02 Å². The molecule has 0 unspecified atom stereocenters. The highest BCUT2D eigenvalue weighted by molar-refractivity contribution is 7.11. The lowest BCUT2D eigenvalue weighted by atomic mass is 9.96. The zero-order chi connectivity index (χ0) is 32.4. The third kappa shape index (κ3) is 5.17. The molecule has 5 heterocycles. The second kappa shape index (κ2) is 11.7. The molecule has 0 saturated heterocycles. The molecule has 2 N–H and O–H groups in total. The lowest BCUT2D eigenvalue weighted by Gasteiger charge is -2.16. The van der Waals surface area contributed by atoms with Crippen LogP contribution in [0.25, 0.3) is 32.8 Å². The molecule has 8 rings (SSSR count). The molecule has 0 saturated carbocycles. The van der Waals surface area contributed by atoms with Gasteiger partial charge in [-0.15, -0.1) is 21.5 Å². The van der Waals surface area contributed by atoms with Gasteiger partial charge in [-0.3, -0.25) is 4.68 Å². The SMILES string of the molecule is Cc1nn2c3c1-c1c(Cl)ccc4c(c(C(=O)O)n(C)c14)CCCOc1cc(cc4cc(F)ccc14)CCc1nnc(s1)CN[C@@H]3CC2. The third-order valence-corrected chi connectivity index (χ3v) is 10.7. The maximum atomic E-state index is 14.3. The fourth-order valence-electron chi connectivity index (χ4n) is 7.37. The summed E-state index contributed by atoms with van der Waals surface area (Å²) in [4.78, 5) is 12.7. The van der Waals surface area contributed by atoms with Crippen LogP contribution >= 0.6 is 22.9 Å². The Balaban J connectivity index is 1.26. The van der Waals surface area contributed by atoms with E-state index in [2.05, 4.69) is 15.5 Å². The predicted octanol–water partition coefficient (Wildman–Crippen LogP) is 7.19. The van der Waals surface area contributed by atoms with E-state index in [9.17, 15) is 14.3 Å². The van der Waals surface area contributed by atoms with Crippen LogP contribution in [-0.2, 0) is 39.4 Å². The van der Waals surface area contributed by atoms with Crippen LogP contribution in [0.5, 0.6) is 5.75 Å². The second-order valence-electron chi connectivity index (χ2n) is 12.3. The maximum Gasteiger partial charge on any atom is 0.352 e. The van der Waals surface area contributed by atoms with E-state index in [1.165, 1.54) is 12.1 Å². The quantitative estimate of drug-likeness (QED) is 0.191. The number of carboxylic acid groups (broad SMARTS) is 1. The van der Waals surface area contributed by atoms with Crippen LogP contribution in [0.15, 0.2) is 42.5 Å². The number of aromatic nitrogens is 5. The number of ether oxygens (including phenoxy) is 1. The maximum absolute atomic E-state index is 14.3. The zero-order valence-corrected chi connectivity index (χ0v) is 27.5. The van der Waals surface area contributed by atoms with Gasteiger partial charge >= 0.3 is 5.97 Å². The average Bonchev–Trinajstić information content (AvgIpc) is 3.80. The first-order valence-electron chi connectivity index (χ1n) is 15.8. The van der Waals surface area contributed by atoms with Crippen molar-refractivity contribution in [2.24, 2.45) is 7.05 Å². The molecule has 240 valence electrons. The summed E-state index contributed by atoms with van der Waals surface area (Å²) in [6.45, 7) is 3.65. The van der Waals surface area contributed by atoms with Crippen LogP contribution in [-0.4, -0.2) is 42.2 Å². The first-order chi connectivity index (χ1) is 22.8. The number of benzene rings is 3. The number of aromatic carboxylic acids is 1. The average molecular weight is 671 g/mol. The minimum absolute atomic E-state index is 0.00577. The van der Waals surface area contributed by atoms with E-state index in [4.69, 9.17) is 21.4 Å². The van der Waals surface area contributed by atoms with E-state index in [0.29, 0.717) is 49.6 Å². The second-order valence-corrected chi connectivity index (χ2v) is 13.9. The van der Waals surface area contributed by atoms with Crippen LogP contribution < -0.4 is 10.1 Å². The summed E-state index contributed by atoms with van der Waals surface area (Å²) in [7, 11) is 1.79. The zero-order valence-electron chi connectivity index (χ0n) is 25.9. The summed E-state index contributed by atoms with van der Waals surface area (Å²) in [5.74, 6) is -0.621. The molecule has 0 radical (unpaired) electrons. The van der Waals surface area contributed by atoms with Crippen molar-refractivity contribution in [1.82, 2.24) is 29.9 Å². The molecule has 0 spiro atoms. The van der Waals surface area contributed by atoms with E-state index >= 15 is 0 Å². The van der Waals surface area contributed by atoms with Crippen molar-refractivity contribution in [3.05, 3.63) is 91.5 Å². The fraction of sp³-hybridized carbons (Fsp3) is 0.314. The third-order valence-electron chi connectivity index (χ3n) is 9.39. The number of aryl methyl sites for hydroxylation is 6. The van der Waals surface area contributed by atoms with Crippen molar-refractivity contribution in [3.63, 3.8) is 0 Å². The summed E-state index contributed by atoms with van der Waals surface area (Å²) >= 11 is 8.59. The van der Waals surface area contributed by atoms with Crippen molar-refractivity contribution in [1.29, 1.82) is 0 Å². The number of hydrogen-bond acceptors (Lipinski definition) is 7. The molecule has 47 heavy (non-hydrogen) atoms. The number of carbonyl (C=O) groups is 1. The molecule has 3 aromatic carbocycles. The monoisotopic (exact) mass is 670 g/mol. The summed E-state index contributed by atoms with van der Waals surface area (Å²) in [6.07, 6.45) is 3.33. The molecule has 9 nitrogen and oxygen atoms in total. The van der Waals surface area contributed by atoms with Gasteiger partial charge in [-0.25, -0.2) is 9.18 Å². The summed E-state index contributed by atoms with van der Waals surface area (Å²) < 4.78 is 24.4. The molecule has 3 aromatic heterocycles. The van der Waals surface area contributed by atoms with E-state index in [0.717, 1.165) is 78.3 Å². The Kier molecular flexibility index (Phi) is 7.50. The Morgan fingerprint density at radius 3 is 2.77 bits per heavy atom. The van der Waals surface area contributed by atoms with E-state index < -0.39 is 5.97 Å². The predicted molar refractivity (Wildman–Crippen MR) is 180 cm³/mol. The fourth-order valence-corrected chi connectivity index (χ4v) is 8.41. The van der Waals surface area contributed by atoms with E-state index in [1.54, 1.807) is 29.0 Å². The Bertz CT molecular complexity index is 2220. The molecule has 0 fully saturated rings. The molecule has 2 aliphatic heterocycles. The van der Waals surface area contributed by atoms with E-state index in [-0.39, 0.29) is 17.6 Å². The van der Waals surface area contributed by atoms with Crippen LogP contribution in [0.3, 0.4) is 0 Å². The number of halogens is 2. The number of rotatable bonds is 1. The molecular formula is C35H32ClFN6O3S. The van der Waals surface area contributed by atoms with Gasteiger partial charge in [0, 0.05) is 41.9 Å². The van der Waals surface area contributed by atoms with Gasteiger partial charge in [0.15, 0.2) is 0 Å². The number of nitrogens with one attached hydrogen (secondary N) is 1. The summed E-state index contributed by atoms with van der Waals surface area (Å²) in [6, 6.07) is 12.5. The van der Waals surface area contributed by atoms with Crippen LogP contribution in [0.1, 0.15) is 61.9 Å². The van der Waals surface area contributed by atoms with Gasteiger partial charge in [-0.2, -0.15) is 5.10 Å². The van der Waals surface area contributed by atoms with Gasteiger partial charge in [0.25, 0.3) is 0 Å². The highest BCUT2D eigenvalue weighted by atomic mass is 35.5. The minimum Gasteiger partial charge on any atom is -0.493 e. The molecule has 0 amide bonds. The van der Waals surface area contributed by atoms with Crippen molar-refractivity contribution in [2.75, 3.05) is 6.61 Å². The van der Waals surface area contributed by atoms with Gasteiger partial charge in [0.1, 0.15) is 27.3 Å². The number of carboxylic acids is 1. The minimum atomic E-state index is -0.996. The topological polar surface area (TPSA) is 107 Å². The molecule has 12 heteroatoms.